The molecule has 3 aromatic rings. The van der Waals surface area contributed by atoms with Crippen molar-refractivity contribution in [2.24, 2.45) is 0 Å². The molecule has 0 N–H and O–H groups in total. The molecule has 2 aromatic heterocycles. The molecule has 1 saturated heterocycles. The second-order valence-electron chi connectivity index (χ2n) is 6.39. The number of nitrogens with zero attached hydrogens (tertiary/aromatic N) is 5. The van der Waals surface area contributed by atoms with Gasteiger partial charge in [-0.2, -0.15) is 4.52 Å². The van der Waals surface area contributed by atoms with Crippen molar-refractivity contribution in [3.05, 3.63) is 42.2 Å². The molecule has 1 aliphatic heterocycles. The molecule has 26 heavy (non-hydrogen) atoms. The highest BCUT2D eigenvalue weighted by atomic mass is 19.1. The minimum atomic E-state index is -0.353. The summed E-state index contributed by atoms with van der Waals surface area (Å²) in [7, 11) is 1.66. The summed E-state index contributed by atoms with van der Waals surface area (Å²) in [5, 5.41) is 12.9. The Balaban J connectivity index is 1.71. The van der Waals surface area contributed by atoms with Gasteiger partial charge < -0.3 is 14.4 Å². The Morgan fingerprint density at radius 2 is 2.04 bits per heavy atom. The molecular formula is C18H20FN5O2. The highest BCUT2D eigenvalue weighted by Crippen LogP contribution is 2.23. The predicted octanol–water partition coefficient (Wildman–Crippen LogP) is 2.17. The number of rotatable bonds is 4. The van der Waals surface area contributed by atoms with Crippen LogP contribution in [0.15, 0.2) is 36.4 Å². The molecule has 8 heteroatoms. The van der Waals surface area contributed by atoms with Crippen molar-refractivity contribution in [2.45, 2.75) is 19.1 Å². The summed E-state index contributed by atoms with van der Waals surface area (Å²) >= 11 is 0. The van der Waals surface area contributed by atoms with Crippen LogP contribution in [0.5, 0.6) is 0 Å². The van der Waals surface area contributed by atoms with Crippen LogP contribution in [0.3, 0.4) is 0 Å². The van der Waals surface area contributed by atoms with Gasteiger partial charge in [-0.3, -0.25) is 0 Å². The standard InChI is InChI=1S/C18H20FN5O2/c1-12-9-23(10-13(26-12)11-25-2)17-8-7-16-20-21-18(24(16)22-17)14-5-3-4-6-15(14)19/h3-8,12-13H,9-11H2,1-2H3. The van der Waals surface area contributed by atoms with Gasteiger partial charge in [0.25, 0.3) is 0 Å². The van der Waals surface area contributed by atoms with E-state index in [4.69, 9.17) is 9.47 Å². The van der Waals surface area contributed by atoms with Gasteiger partial charge in [0.15, 0.2) is 11.5 Å². The number of aromatic nitrogens is 4. The Hall–Kier alpha value is -2.58. The van der Waals surface area contributed by atoms with Crippen LogP contribution in [0.25, 0.3) is 17.0 Å². The predicted molar refractivity (Wildman–Crippen MR) is 94.6 cm³/mol. The number of benzene rings is 1. The van der Waals surface area contributed by atoms with Gasteiger partial charge in [-0.05, 0) is 31.2 Å². The van der Waals surface area contributed by atoms with E-state index in [1.54, 1.807) is 29.8 Å². The molecule has 0 spiro atoms. The maximum Gasteiger partial charge on any atom is 0.188 e. The monoisotopic (exact) mass is 357 g/mol. The molecule has 3 heterocycles. The lowest BCUT2D eigenvalue weighted by Gasteiger charge is -2.37. The number of halogens is 1. The SMILES string of the molecule is COCC1CN(c2ccc3nnc(-c4ccccc4F)n3n2)CC(C)O1. The number of fused-ring (bicyclic) bond motifs is 1. The molecule has 1 aliphatic rings. The lowest BCUT2D eigenvalue weighted by molar-refractivity contribution is -0.0513. The summed E-state index contributed by atoms with van der Waals surface area (Å²) in [5.41, 5.74) is 0.944. The smallest absolute Gasteiger partial charge is 0.188 e. The summed E-state index contributed by atoms with van der Waals surface area (Å²) < 4.78 is 26.9. The zero-order valence-corrected chi connectivity index (χ0v) is 14.7. The van der Waals surface area contributed by atoms with E-state index in [1.807, 2.05) is 19.1 Å². The molecular weight excluding hydrogens is 337 g/mol. The van der Waals surface area contributed by atoms with E-state index in [9.17, 15) is 4.39 Å². The Morgan fingerprint density at radius 3 is 2.85 bits per heavy atom. The van der Waals surface area contributed by atoms with E-state index in [2.05, 4.69) is 20.2 Å². The minimum Gasteiger partial charge on any atom is -0.382 e. The number of hydrogen-bond donors (Lipinski definition) is 0. The normalized spacial score (nSPS) is 20.7. The molecule has 4 rings (SSSR count). The molecule has 2 unspecified atom stereocenters. The summed E-state index contributed by atoms with van der Waals surface area (Å²) in [6.07, 6.45) is 0.0431. The maximum absolute atomic E-state index is 14.2. The van der Waals surface area contributed by atoms with Crippen LogP contribution >= 0.6 is 0 Å². The van der Waals surface area contributed by atoms with Crippen molar-refractivity contribution >= 4 is 11.5 Å². The molecule has 1 fully saturated rings. The fraction of sp³-hybridized carbons (Fsp3) is 0.389. The summed E-state index contributed by atoms with van der Waals surface area (Å²) in [6, 6.07) is 10.2. The van der Waals surface area contributed by atoms with Crippen LogP contribution in [-0.2, 0) is 9.47 Å². The van der Waals surface area contributed by atoms with Crippen molar-refractivity contribution < 1.29 is 13.9 Å². The van der Waals surface area contributed by atoms with E-state index in [-0.39, 0.29) is 18.0 Å². The van der Waals surface area contributed by atoms with Gasteiger partial charge in [-0.15, -0.1) is 15.3 Å². The van der Waals surface area contributed by atoms with Crippen molar-refractivity contribution in [1.82, 2.24) is 19.8 Å². The average Bonchev–Trinajstić information content (AvgIpc) is 3.05. The van der Waals surface area contributed by atoms with Crippen molar-refractivity contribution in [3.8, 4) is 11.4 Å². The van der Waals surface area contributed by atoms with Gasteiger partial charge in [-0.1, -0.05) is 12.1 Å². The third kappa shape index (κ3) is 3.13. The van der Waals surface area contributed by atoms with Gasteiger partial charge in [0.1, 0.15) is 11.6 Å². The minimum absolute atomic E-state index is 0.0202. The Kier molecular flexibility index (Phi) is 4.52. The van der Waals surface area contributed by atoms with Gasteiger partial charge >= 0.3 is 0 Å². The number of ether oxygens (including phenoxy) is 2. The Bertz CT molecular complexity index is 915. The average molecular weight is 357 g/mol. The fourth-order valence-electron chi connectivity index (χ4n) is 3.27. The van der Waals surface area contributed by atoms with Crippen molar-refractivity contribution in [1.29, 1.82) is 0 Å². The lowest BCUT2D eigenvalue weighted by atomic mass is 10.2. The zero-order valence-electron chi connectivity index (χ0n) is 14.7. The maximum atomic E-state index is 14.2. The Morgan fingerprint density at radius 1 is 1.19 bits per heavy atom. The van der Waals surface area contributed by atoms with Crippen molar-refractivity contribution in [3.63, 3.8) is 0 Å². The topological polar surface area (TPSA) is 64.8 Å². The largest absolute Gasteiger partial charge is 0.382 e. The lowest BCUT2D eigenvalue weighted by Crippen LogP contribution is -2.48. The summed E-state index contributed by atoms with van der Waals surface area (Å²) in [5.74, 6) is 0.801. The third-order valence-corrected chi connectivity index (χ3v) is 4.37. The van der Waals surface area contributed by atoms with Gasteiger partial charge in [0.05, 0.1) is 24.4 Å². The van der Waals surface area contributed by atoms with Crippen LogP contribution in [-0.4, -0.2) is 58.8 Å². The van der Waals surface area contributed by atoms with E-state index in [1.165, 1.54) is 6.07 Å². The molecule has 0 amide bonds. The van der Waals surface area contributed by atoms with E-state index < -0.39 is 0 Å². The number of methoxy groups -OCH3 is 1. The number of hydrogen-bond acceptors (Lipinski definition) is 6. The molecule has 1 aromatic carbocycles. The van der Waals surface area contributed by atoms with Gasteiger partial charge in [0.2, 0.25) is 0 Å². The molecule has 136 valence electrons. The molecule has 0 bridgehead atoms. The van der Waals surface area contributed by atoms with Crippen LogP contribution in [0, 0.1) is 5.82 Å². The number of morpholine rings is 1. The molecule has 0 saturated carbocycles. The van der Waals surface area contributed by atoms with Crippen LogP contribution in [0.4, 0.5) is 10.2 Å². The summed E-state index contributed by atoms with van der Waals surface area (Å²) in [4.78, 5) is 2.14. The van der Waals surface area contributed by atoms with Crippen molar-refractivity contribution in [2.75, 3.05) is 31.7 Å². The first-order chi connectivity index (χ1) is 12.7. The second kappa shape index (κ2) is 6.97. The highest BCUT2D eigenvalue weighted by molar-refractivity contribution is 5.60. The van der Waals surface area contributed by atoms with Crippen LogP contribution in [0.2, 0.25) is 0 Å². The van der Waals surface area contributed by atoms with Gasteiger partial charge in [-0.25, -0.2) is 4.39 Å². The molecule has 0 aliphatic carbocycles. The van der Waals surface area contributed by atoms with Gasteiger partial charge in [0, 0.05) is 20.2 Å². The molecule has 2 atom stereocenters. The highest BCUT2D eigenvalue weighted by Gasteiger charge is 2.26. The van der Waals surface area contributed by atoms with Crippen LogP contribution in [0.1, 0.15) is 6.92 Å². The molecule has 7 nitrogen and oxygen atoms in total. The summed E-state index contributed by atoms with van der Waals surface area (Å²) in [6.45, 7) is 3.94. The second-order valence-corrected chi connectivity index (χ2v) is 6.39. The van der Waals surface area contributed by atoms with E-state index >= 15 is 0 Å². The van der Waals surface area contributed by atoms with E-state index in [0.29, 0.717) is 30.2 Å². The zero-order chi connectivity index (χ0) is 18.1. The van der Waals surface area contributed by atoms with Crippen LogP contribution < -0.4 is 4.90 Å². The van der Waals surface area contributed by atoms with E-state index in [0.717, 1.165) is 12.4 Å². The quantitative estimate of drug-likeness (QED) is 0.713. The number of anilines is 1. The first-order valence-corrected chi connectivity index (χ1v) is 8.52. The first kappa shape index (κ1) is 16.9. The first-order valence-electron chi connectivity index (χ1n) is 8.52. The fourth-order valence-corrected chi connectivity index (χ4v) is 3.27. The third-order valence-electron chi connectivity index (χ3n) is 4.37. The molecule has 0 radical (unpaired) electrons. The Labute approximate surface area is 150 Å².